The summed E-state index contributed by atoms with van der Waals surface area (Å²) in [4.78, 5) is 24.2. The van der Waals surface area contributed by atoms with Crippen LogP contribution in [0.1, 0.15) is 18.1 Å². The monoisotopic (exact) mass is 511 g/mol. The largest absolute Gasteiger partial charge is 0.506 e. The number of methoxy groups -OCH3 is 1. The second-order valence-electron chi connectivity index (χ2n) is 5.88. The fraction of sp³-hybridized carbons (Fsp3) is 0.211. The van der Waals surface area contributed by atoms with Gasteiger partial charge in [0.25, 0.3) is 5.91 Å². The molecule has 28 heavy (non-hydrogen) atoms. The molecule has 0 spiro atoms. The third-order valence-electron chi connectivity index (χ3n) is 3.72. The number of nitrogens with zero attached hydrogens (tertiary/aromatic N) is 1. The standard InChI is InChI=1S/C19H19Br2N3O4/c1-11(23-17(25)9-12-3-5-14(28-2)6-4-12)19(27)24-22-10-13-7-15(20)18(26)16(21)8-13/h3-8,10-11,26H,9H2,1-2H3,(H,23,25)(H,24,27). The van der Waals surface area contributed by atoms with E-state index in [9.17, 15) is 14.7 Å². The molecule has 0 heterocycles. The van der Waals surface area contributed by atoms with Gasteiger partial charge < -0.3 is 15.2 Å². The first-order valence-corrected chi connectivity index (χ1v) is 9.82. The molecule has 0 saturated heterocycles. The Labute approximate surface area is 179 Å². The van der Waals surface area contributed by atoms with Gasteiger partial charge in [-0.2, -0.15) is 5.10 Å². The zero-order chi connectivity index (χ0) is 20.7. The molecule has 1 unspecified atom stereocenters. The predicted molar refractivity (Wildman–Crippen MR) is 114 cm³/mol. The molecule has 1 atom stereocenters. The molecule has 3 N–H and O–H groups in total. The molecule has 0 saturated carbocycles. The molecule has 7 nitrogen and oxygen atoms in total. The van der Waals surface area contributed by atoms with Gasteiger partial charge in [-0.15, -0.1) is 0 Å². The van der Waals surface area contributed by atoms with Crippen molar-refractivity contribution >= 4 is 49.9 Å². The molecule has 2 amide bonds. The van der Waals surface area contributed by atoms with Gasteiger partial charge in [0.2, 0.25) is 5.91 Å². The minimum atomic E-state index is -0.749. The fourth-order valence-electron chi connectivity index (χ4n) is 2.21. The van der Waals surface area contributed by atoms with E-state index in [1.54, 1.807) is 50.4 Å². The molecule has 0 aliphatic heterocycles. The summed E-state index contributed by atoms with van der Waals surface area (Å²) >= 11 is 6.44. The van der Waals surface area contributed by atoms with Crippen LogP contribution in [0.3, 0.4) is 0 Å². The second kappa shape index (κ2) is 10.2. The highest BCUT2D eigenvalue weighted by atomic mass is 79.9. The Bertz CT molecular complexity index is 862. The van der Waals surface area contributed by atoms with Crippen LogP contribution in [0, 0.1) is 0 Å². The number of hydrogen-bond acceptors (Lipinski definition) is 5. The van der Waals surface area contributed by atoms with Gasteiger partial charge in [0.05, 0.1) is 28.7 Å². The lowest BCUT2D eigenvalue weighted by atomic mass is 10.1. The summed E-state index contributed by atoms with van der Waals surface area (Å²) < 4.78 is 6.06. The third kappa shape index (κ3) is 6.35. The van der Waals surface area contributed by atoms with E-state index >= 15 is 0 Å². The van der Waals surface area contributed by atoms with Crippen LogP contribution in [0.2, 0.25) is 0 Å². The van der Waals surface area contributed by atoms with Crippen molar-refractivity contribution in [3.8, 4) is 11.5 Å². The van der Waals surface area contributed by atoms with E-state index in [2.05, 4.69) is 47.7 Å². The summed E-state index contributed by atoms with van der Waals surface area (Å²) in [5.41, 5.74) is 3.85. The summed E-state index contributed by atoms with van der Waals surface area (Å²) in [5, 5.41) is 16.2. The van der Waals surface area contributed by atoms with Gasteiger partial charge in [-0.25, -0.2) is 5.43 Å². The maximum Gasteiger partial charge on any atom is 0.262 e. The van der Waals surface area contributed by atoms with E-state index in [1.165, 1.54) is 6.21 Å². The zero-order valence-corrected chi connectivity index (χ0v) is 18.4. The van der Waals surface area contributed by atoms with Crippen molar-refractivity contribution in [1.82, 2.24) is 10.7 Å². The molecule has 2 rings (SSSR count). The van der Waals surface area contributed by atoms with E-state index in [4.69, 9.17) is 4.74 Å². The summed E-state index contributed by atoms with van der Waals surface area (Å²) in [6.45, 7) is 1.57. The zero-order valence-electron chi connectivity index (χ0n) is 15.2. The van der Waals surface area contributed by atoms with E-state index in [0.717, 1.165) is 5.56 Å². The lowest BCUT2D eigenvalue weighted by molar-refractivity contribution is -0.128. The van der Waals surface area contributed by atoms with E-state index in [-0.39, 0.29) is 18.1 Å². The number of hydrazone groups is 1. The van der Waals surface area contributed by atoms with Gasteiger partial charge in [0, 0.05) is 0 Å². The maximum atomic E-state index is 12.1. The lowest BCUT2D eigenvalue weighted by Gasteiger charge is -2.12. The number of hydrogen-bond donors (Lipinski definition) is 3. The second-order valence-corrected chi connectivity index (χ2v) is 7.59. The van der Waals surface area contributed by atoms with Crippen molar-refractivity contribution in [2.24, 2.45) is 5.10 Å². The Balaban J connectivity index is 1.85. The van der Waals surface area contributed by atoms with Gasteiger partial charge in [-0.1, -0.05) is 12.1 Å². The average molecular weight is 513 g/mol. The Morgan fingerprint density at radius 3 is 2.39 bits per heavy atom. The van der Waals surface area contributed by atoms with Crippen LogP contribution >= 0.6 is 31.9 Å². The third-order valence-corrected chi connectivity index (χ3v) is 4.93. The van der Waals surface area contributed by atoms with Gasteiger partial charge in [0.15, 0.2) is 0 Å². The van der Waals surface area contributed by atoms with E-state index < -0.39 is 11.9 Å². The molecular formula is C19H19Br2N3O4. The van der Waals surface area contributed by atoms with Gasteiger partial charge >= 0.3 is 0 Å². The molecule has 0 aliphatic rings. The maximum absolute atomic E-state index is 12.1. The summed E-state index contributed by atoms with van der Waals surface area (Å²) in [5.74, 6) is 0.0660. The van der Waals surface area contributed by atoms with E-state index in [0.29, 0.717) is 20.3 Å². The average Bonchev–Trinajstić information content (AvgIpc) is 2.66. The number of benzene rings is 2. The highest BCUT2D eigenvalue weighted by Gasteiger charge is 2.15. The van der Waals surface area contributed by atoms with Crippen molar-refractivity contribution in [2.45, 2.75) is 19.4 Å². The molecule has 0 aromatic heterocycles. The van der Waals surface area contributed by atoms with Crippen LogP contribution in [0.15, 0.2) is 50.4 Å². The van der Waals surface area contributed by atoms with Crippen molar-refractivity contribution in [3.05, 3.63) is 56.5 Å². The van der Waals surface area contributed by atoms with Crippen molar-refractivity contribution in [2.75, 3.05) is 7.11 Å². The topological polar surface area (TPSA) is 100 Å². The smallest absolute Gasteiger partial charge is 0.262 e. The molecule has 2 aromatic carbocycles. The number of amides is 2. The molecule has 2 aromatic rings. The molecule has 148 valence electrons. The Morgan fingerprint density at radius 1 is 1.21 bits per heavy atom. The molecular weight excluding hydrogens is 494 g/mol. The Hall–Kier alpha value is -2.39. The number of phenols is 1. The molecule has 0 bridgehead atoms. The molecule has 0 radical (unpaired) electrons. The Kier molecular flexibility index (Phi) is 8.01. The highest BCUT2D eigenvalue weighted by Crippen LogP contribution is 2.32. The van der Waals surface area contributed by atoms with Crippen LogP contribution < -0.4 is 15.5 Å². The fourth-order valence-corrected chi connectivity index (χ4v) is 3.44. The van der Waals surface area contributed by atoms with Gasteiger partial charge in [0.1, 0.15) is 17.5 Å². The number of phenolic OH excluding ortho intramolecular Hbond substituents is 1. The number of rotatable bonds is 7. The SMILES string of the molecule is COc1ccc(CC(=O)NC(C)C(=O)NN=Cc2cc(Br)c(O)c(Br)c2)cc1. The van der Waals surface area contributed by atoms with Crippen LogP contribution in [0.25, 0.3) is 0 Å². The van der Waals surface area contributed by atoms with Crippen molar-refractivity contribution in [3.63, 3.8) is 0 Å². The number of carbonyl (C=O) groups is 2. The Morgan fingerprint density at radius 2 is 1.82 bits per heavy atom. The van der Waals surface area contributed by atoms with Crippen molar-refractivity contribution < 1.29 is 19.4 Å². The number of ether oxygens (including phenoxy) is 1. The summed E-state index contributed by atoms with van der Waals surface area (Å²) in [7, 11) is 1.57. The molecule has 9 heteroatoms. The van der Waals surface area contributed by atoms with Crippen LogP contribution in [0.5, 0.6) is 11.5 Å². The van der Waals surface area contributed by atoms with Crippen molar-refractivity contribution in [1.29, 1.82) is 0 Å². The van der Waals surface area contributed by atoms with E-state index in [1.807, 2.05) is 0 Å². The first-order chi connectivity index (χ1) is 13.3. The van der Waals surface area contributed by atoms with Crippen LogP contribution in [-0.2, 0) is 16.0 Å². The summed E-state index contributed by atoms with van der Waals surface area (Å²) in [6, 6.07) is 9.68. The highest BCUT2D eigenvalue weighted by molar-refractivity contribution is 9.11. The number of carbonyl (C=O) groups excluding carboxylic acids is 2. The minimum Gasteiger partial charge on any atom is -0.506 e. The first-order valence-electron chi connectivity index (χ1n) is 8.23. The lowest BCUT2D eigenvalue weighted by Crippen LogP contribution is -2.43. The number of nitrogens with one attached hydrogen (secondary N) is 2. The number of halogens is 2. The quantitative estimate of drug-likeness (QED) is 0.392. The minimum absolute atomic E-state index is 0.0781. The van der Waals surface area contributed by atoms with Crippen LogP contribution in [-0.4, -0.2) is 36.3 Å². The predicted octanol–water partition coefficient (Wildman–Crippen LogP) is 3.12. The van der Waals surface area contributed by atoms with Gasteiger partial charge in [-0.05, 0) is 74.2 Å². The van der Waals surface area contributed by atoms with Crippen LogP contribution in [0.4, 0.5) is 0 Å². The van der Waals surface area contributed by atoms with Gasteiger partial charge in [-0.3, -0.25) is 9.59 Å². The molecule has 0 fully saturated rings. The number of aromatic hydroxyl groups is 1. The molecule has 0 aliphatic carbocycles. The first kappa shape index (κ1) is 21.9. The summed E-state index contributed by atoms with van der Waals surface area (Å²) in [6.07, 6.45) is 1.58. The normalized spacial score (nSPS) is 11.9.